The Hall–Kier alpha value is -3.90. The molecule has 0 saturated carbocycles. The van der Waals surface area contributed by atoms with Crippen molar-refractivity contribution in [1.29, 1.82) is 0 Å². The molecule has 14 nitrogen and oxygen atoms in total. The highest BCUT2D eigenvalue weighted by atomic mass is 79.9. The topological polar surface area (TPSA) is 192 Å². The quantitative estimate of drug-likeness (QED) is 0.115. The normalized spacial score (nSPS) is 12.9. The van der Waals surface area contributed by atoms with Crippen LogP contribution in [0, 0.1) is 17.2 Å². The monoisotopic (exact) mass is 760 g/mol. The number of hydrogen-bond acceptors (Lipinski definition) is 10. The van der Waals surface area contributed by atoms with Gasteiger partial charge in [0.05, 0.1) is 26.5 Å². The van der Waals surface area contributed by atoms with Crippen LogP contribution in [0.3, 0.4) is 0 Å². The van der Waals surface area contributed by atoms with Crippen LogP contribution in [-0.4, -0.2) is 73.5 Å². The van der Waals surface area contributed by atoms with E-state index in [-0.39, 0.29) is 46.3 Å². The molecule has 1 aromatic heterocycles. The summed E-state index contributed by atoms with van der Waals surface area (Å²) < 4.78 is 59.5. The minimum absolute atomic E-state index is 0.0181. The Bertz CT molecular complexity index is 1650. The number of halogens is 2. The third-order valence-electron chi connectivity index (χ3n) is 7.47. The first kappa shape index (κ1) is 37.6. The number of anilines is 2. The van der Waals surface area contributed by atoms with Gasteiger partial charge in [-0.15, -0.1) is 0 Å². The predicted octanol–water partition coefficient (Wildman–Crippen LogP) is 5.61. The Morgan fingerprint density at radius 3 is 2.47 bits per heavy atom. The molecule has 5 N–H and O–H groups in total. The molecule has 2 aromatic carbocycles. The molecule has 0 spiro atoms. The number of methoxy groups -OCH3 is 2. The molecular weight excluding hydrogens is 723 g/mol. The van der Waals surface area contributed by atoms with Crippen molar-refractivity contribution in [2.45, 2.75) is 51.1 Å². The molecule has 2 atom stereocenters. The van der Waals surface area contributed by atoms with Crippen molar-refractivity contribution in [2.75, 3.05) is 36.9 Å². The van der Waals surface area contributed by atoms with Gasteiger partial charge in [-0.05, 0) is 71.3 Å². The van der Waals surface area contributed by atoms with Crippen LogP contribution in [-0.2, 0) is 16.6 Å². The highest BCUT2D eigenvalue weighted by molar-refractivity contribution is 9.10. The van der Waals surface area contributed by atoms with Gasteiger partial charge in [-0.2, -0.15) is 4.37 Å². The van der Waals surface area contributed by atoms with Crippen molar-refractivity contribution in [3.05, 3.63) is 52.5 Å². The zero-order chi connectivity index (χ0) is 34.9. The van der Waals surface area contributed by atoms with Gasteiger partial charge in [0.15, 0.2) is 0 Å². The molecule has 3 rings (SSSR count). The Labute approximate surface area is 285 Å². The summed E-state index contributed by atoms with van der Waals surface area (Å²) in [5.41, 5.74) is 0.338. The lowest BCUT2D eigenvalue weighted by atomic mass is 9.77. The minimum Gasteiger partial charge on any atom is -0.497 e. The highest BCUT2D eigenvalue weighted by Gasteiger charge is 2.33. The molecule has 2 unspecified atom stereocenters. The Balaban J connectivity index is 1.90. The Morgan fingerprint density at radius 1 is 1.15 bits per heavy atom. The third-order valence-corrected chi connectivity index (χ3v) is 10.7. The molecular formula is C29H38BrFN6O8S2. The number of benzene rings is 2. The lowest BCUT2D eigenvalue weighted by Crippen LogP contribution is -2.42. The van der Waals surface area contributed by atoms with Gasteiger partial charge in [0, 0.05) is 46.8 Å². The maximum Gasteiger partial charge on any atom is 0.404 e. The fourth-order valence-corrected chi connectivity index (χ4v) is 7.79. The van der Waals surface area contributed by atoms with E-state index in [1.54, 1.807) is 25.1 Å². The average Bonchev–Trinajstić information content (AvgIpc) is 3.53. The average molecular weight is 762 g/mol. The number of carboxylic acid groups (broad SMARTS) is 2. The van der Waals surface area contributed by atoms with Crippen LogP contribution in [0.15, 0.2) is 46.0 Å². The number of carbonyl (C=O) groups is 2. The number of rotatable bonds is 17. The highest BCUT2D eigenvalue weighted by Crippen LogP contribution is 2.36. The lowest BCUT2D eigenvalue weighted by molar-refractivity contribution is 0.173. The van der Waals surface area contributed by atoms with Crippen LogP contribution < -0.4 is 29.7 Å². The summed E-state index contributed by atoms with van der Waals surface area (Å²) in [6.07, 6.45) is -0.159. The SMILES string of the molecule is COc1ccc(CN(c2ncns2)S(=O)(=O)c2cc(Br)c(NCC(CC(C)(C)CCNC(=O)O)C(C)NC(=O)O)cc2F)c(OC)c1. The van der Waals surface area contributed by atoms with Crippen LogP contribution in [0.2, 0.25) is 0 Å². The zero-order valence-electron chi connectivity index (χ0n) is 26.4. The van der Waals surface area contributed by atoms with Crippen LogP contribution in [0.5, 0.6) is 11.5 Å². The summed E-state index contributed by atoms with van der Waals surface area (Å²) >= 11 is 4.20. The molecule has 47 heavy (non-hydrogen) atoms. The van der Waals surface area contributed by atoms with Gasteiger partial charge in [-0.25, -0.2) is 31.7 Å². The molecule has 18 heteroatoms. The molecule has 0 fully saturated rings. The van der Waals surface area contributed by atoms with E-state index >= 15 is 4.39 Å². The van der Waals surface area contributed by atoms with E-state index in [1.165, 1.54) is 20.5 Å². The predicted molar refractivity (Wildman–Crippen MR) is 179 cm³/mol. The fourth-order valence-electron chi connectivity index (χ4n) is 4.95. The van der Waals surface area contributed by atoms with Crippen molar-refractivity contribution in [1.82, 2.24) is 20.0 Å². The van der Waals surface area contributed by atoms with Crippen molar-refractivity contribution in [3.8, 4) is 11.5 Å². The molecule has 3 aromatic rings. The second-order valence-electron chi connectivity index (χ2n) is 11.4. The first-order valence-electron chi connectivity index (χ1n) is 14.3. The number of sulfonamides is 1. The van der Waals surface area contributed by atoms with Gasteiger partial charge in [0.2, 0.25) is 5.13 Å². The second kappa shape index (κ2) is 16.3. The molecule has 0 aliphatic heterocycles. The minimum atomic E-state index is -4.53. The summed E-state index contributed by atoms with van der Waals surface area (Å²) in [5, 5.41) is 26.2. The fraction of sp³-hybridized carbons (Fsp3) is 0.448. The molecule has 0 saturated heterocycles. The van der Waals surface area contributed by atoms with Crippen LogP contribution in [0.4, 0.5) is 24.8 Å². The standard InChI is InChI=1S/C29H38BrFN6O8S2/c1-17(36-28(40)41)19(13-29(2,3)8-9-32-27(38)39)14-33-23-12-22(31)25(11-21(23)30)47(42,43)37(26-34-16-35-46-26)15-18-6-7-20(44-4)10-24(18)45-5/h6-7,10-12,16-17,19,32-33,36H,8-9,13-15H2,1-5H3,(H,38,39)(H,40,41). The summed E-state index contributed by atoms with van der Waals surface area (Å²) in [6, 6.07) is 6.58. The van der Waals surface area contributed by atoms with E-state index < -0.39 is 39.0 Å². The number of nitrogens with one attached hydrogen (secondary N) is 3. The molecule has 2 amide bonds. The van der Waals surface area contributed by atoms with E-state index in [4.69, 9.17) is 14.6 Å². The van der Waals surface area contributed by atoms with Gasteiger partial charge in [-0.1, -0.05) is 13.8 Å². The lowest BCUT2D eigenvalue weighted by Gasteiger charge is -2.33. The van der Waals surface area contributed by atoms with Crippen molar-refractivity contribution in [3.63, 3.8) is 0 Å². The molecule has 1 heterocycles. The first-order chi connectivity index (χ1) is 22.1. The number of ether oxygens (including phenoxy) is 2. The zero-order valence-corrected chi connectivity index (χ0v) is 29.6. The molecule has 0 aliphatic carbocycles. The van der Waals surface area contributed by atoms with E-state index in [9.17, 15) is 23.1 Å². The Kier molecular flexibility index (Phi) is 13.0. The second-order valence-corrected chi connectivity index (χ2v) is 14.8. The van der Waals surface area contributed by atoms with E-state index in [2.05, 4.69) is 41.2 Å². The molecule has 258 valence electrons. The first-order valence-corrected chi connectivity index (χ1v) is 17.3. The van der Waals surface area contributed by atoms with Gasteiger partial charge in [0.25, 0.3) is 10.0 Å². The van der Waals surface area contributed by atoms with Crippen molar-refractivity contribution in [2.24, 2.45) is 11.3 Å². The summed E-state index contributed by atoms with van der Waals surface area (Å²) in [6.45, 7) is 5.76. The molecule has 0 bridgehead atoms. The van der Waals surface area contributed by atoms with Gasteiger partial charge in [0.1, 0.15) is 28.5 Å². The molecule has 0 radical (unpaired) electrons. The van der Waals surface area contributed by atoms with Crippen molar-refractivity contribution < 1.29 is 42.1 Å². The number of hydrogen-bond donors (Lipinski definition) is 5. The van der Waals surface area contributed by atoms with Crippen LogP contribution in [0.25, 0.3) is 0 Å². The smallest absolute Gasteiger partial charge is 0.404 e. The van der Waals surface area contributed by atoms with Crippen LogP contribution in [0.1, 0.15) is 39.2 Å². The maximum atomic E-state index is 15.8. The Morgan fingerprint density at radius 2 is 1.87 bits per heavy atom. The summed E-state index contributed by atoms with van der Waals surface area (Å²) in [7, 11) is -1.61. The number of amides is 2. The van der Waals surface area contributed by atoms with Gasteiger partial charge < -0.3 is 35.6 Å². The number of aromatic nitrogens is 2. The third kappa shape index (κ3) is 10.3. The van der Waals surface area contributed by atoms with Crippen LogP contribution >= 0.6 is 27.5 Å². The maximum absolute atomic E-state index is 15.8. The molecule has 0 aliphatic rings. The van der Waals surface area contributed by atoms with Gasteiger partial charge in [-0.3, -0.25) is 0 Å². The van der Waals surface area contributed by atoms with Crippen molar-refractivity contribution >= 4 is 60.5 Å². The summed E-state index contributed by atoms with van der Waals surface area (Å²) in [5.74, 6) is -0.474. The summed E-state index contributed by atoms with van der Waals surface area (Å²) in [4.78, 5) is 25.7. The van der Waals surface area contributed by atoms with E-state index in [1.807, 2.05) is 13.8 Å². The van der Waals surface area contributed by atoms with E-state index in [0.29, 0.717) is 29.9 Å². The largest absolute Gasteiger partial charge is 0.497 e. The number of nitrogens with zero attached hydrogens (tertiary/aromatic N) is 3. The van der Waals surface area contributed by atoms with E-state index in [0.717, 1.165) is 28.0 Å². The van der Waals surface area contributed by atoms with Gasteiger partial charge >= 0.3 is 12.2 Å².